The van der Waals surface area contributed by atoms with Gasteiger partial charge in [0.05, 0.1) is 10.9 Å². The molecule has 0 radical (unpaired) electrons. The number of nitrogens with zero attached hydrogens (tertiary/aromatic N) is 2. The van der Waals surface area contributed by atoms with E-state index in [0.717, 1.165) is 27.4 Å². The minimum Gasteiger partial charge on any atom is -0.477 e. The van der Waals surface area contributed by atoms with Crippen molar-refractivity contribution in [2.75, 3.05) is 25.0 Å². The summed E-state index contributed by atoms with van der Waals surface area (Å²) in [6, 6.07) is 7.18. The number of aromatic carboxylic acids is 1. The second-order valence-electron chi connectivity index (χ2n) is 12.7. The van der Waals surface area contributed by atoms with Gasteiger partial charge in [-0.1, -0.05) is 6.07 Å². The number of piperazine rings is 1. The van der Waals surface area contributed by atoms with Gasteiger partial charge in [-0.2, -0.15) is 0 Å². The summed E-state index contributed by atoms with van der Waals surface area (Å²) >= 11 is 0. The Morgan fingerprint density at radius 1 is 1.09 bits per heavy atom. The molecule has 1 aliphatic carbocycles. The highest BCUT2D eigenvalue weighted by Gasteiger charge is 2.35. The molecule has 2 aliphatic rings. The summed E-state index contributed by atoms with van der Waals surface area (Å²) in [6.45, 7) is 7.50. The van der Waals surface area contributed by atoms with Gasteiger partial charge in [-0.05, 0) is 75.8 Å². The lowest BCUT2D eigenvalue weighted by Crippen LogP contribution is -2.50. The molecule has 0 spiro atoms. The van der Waals surface area contributed by atoms with Gasteiger partial charge in [0.25, 0.3) is 5.56 Å². The van der Waals surface area contributed by atoms with E-state index in [1.165, 1.54) is 6.07 Å². The van der Waals surface area contributed by atoms with E-state index in [2.05, 4.69) is 20.6 Å². The quantitative estimate of drug-likeness (QED) is 0.170. The maximum atomic E-state index is 16.4. The average molecular weight is 649 g/mol. The zero-order valence-corrected chi connectivity index (χ0v) is 26.5. The topological polar surface area (TPSA) is 152 Å². The number of H-pyrrole nitrogens is 2. The van der Waals surface area contributed by atoms with Crippen LogP contribution in [0.3, 0.4) is 0 Å². The Hall–Kier alpha value is -4.62. The Bertz CT molecular complexity index is 2020. The van der Waals surface area contributed by atoms with Gasteiger partial charge in [-0.25, -0.2) is 18.4 Å². The first kappa shape index (κ1) is 32.3. The SMILES string of the molecule is Cc1ccc(Nc2cc(=O)n(CCCC(c3c(F)cc4c(=O)c(C(=O)O)c(C5CC5)[nH]c4c3F)N3CCNC(C)C3)c(=O)[nH]2)cc1C. The molecule has 47 heavy (non-hydrogen) atoms. The van der Waals surface area contributed by atoms with Gasteiger partial charge in [0.1, 0.15) is 17.2 Å². The van der Waals surface area contributed by atoms with Gasteiger partial charge in [0.2, 0.25) is 5.43 Å². The van der Waals surface area contributed by atoms with Crippen molar-refractivity contribution >= 4 is 28.4 Å². The molecule has 5 N–H and O–H groups in total. The number of nitrogens with one attached hydrogen (secondary N) is 4. The molecule has 0 amide bonds. The van der Waals surface area contributed by atoms with E-state index in [1.54, 1.807) is 0 Å². The number of benzene rings is 2. The highest BCUT2D eigenvalue weighted by Crippen LogP contribution is 2.41. The molecule has 4 aromatic rings. The molecule has 2 fully saturated rings. The summed E-state index contributed by atoms with van der Waals surface area (Å²) in [5, 5.41) is 15.7. The molecule has 0 bridgehead atoms. The lowest BCUT2D eigenvalue weighted by molar-refractivity contribution is 0.0694. The number of anilines is 2. The van der Waals surface area contributed by atoms with Crippen LogP contribution in [0.15, 0.2) is 44.7 Å². The molecule has 1 saturated heterocycles. The molecular formula is C34H38F2N6O5. The zero-order chi connectivity index (χ0) is 33.6. The fourth-order valence-corrected chi connectivity index (χ4v) is 6.56. The smallest absolute Gasteiger partial charge is 0.341 e. The second-order valence-corrected chi connectivity index (χ2v) is 12.7. The lowest BCUT2D eigenvalue weighted by atomic mass is 9.95. The first-order chi connectivity index (χ1) is 22.4. The van der Waals surface area contributed by atoms with E-state index in [0.29, 0.717) is 32.5 Å². The van der Waals surface area contributed by atoms with Crippen LogP contribution in [0, 0.1) is 25.5 Å². The van der Waals surface area contributed by atoms with Crippen molar-refractivity contribution in [3.63, 3.8) is 0 Å². The summed E-state index contributed by atoms with van der Waals surface area (Å²) in [6.07, 6.45) is 1.78. The first-order valence-corrected chi connectivity index (χ1v) is 15.9. The maximum Gasteiger partial charge on any atom is 0.341 e. The van der Waals surface area contributed by atoms with Crippen molar-refractivity contribution in [3.05, 3.63) is 101 Å². The molecule has 1 saturated carbocycles. The molecule has 6 rings (SSSR count). The number of rotatable bonds is 10. The number of fused-ring (bicyclic) bond motifs is 1. The lowest BCUT2D eigenvalue weighted by Gasteiger charge is -2.38. The third-order valence-corrected chi connectivity index (χ3v) is 9.29. The molecule has 2 aromatic heterocycles. The minimum atomic E-state index is -1.44. The largest absolute Gasteiger partial charge is 0.477 e. The number of halogens is 2. The van der Waals surface area contributed by atoms with Crippen molar-refractivity contribution in [1.82, 2.24) is 24.8 Å². The Morgan fingerprint density at radius 2 is 1.85 bits per heavy atom. The third-order valence-electron chi connectivity index (χ3n) is 9.29. The summed E-state index contributed by atoms with van der Waals surface area (Å²) in [7, 11) is 0. The van der Waals surface area contributed by atoms with Gasteiger partial charge in [0, 0.05) is 67.2 Å². The number of pyridine rings is 1. The second kappa shape index (κ2) is 12.9. The normalized spacial score (nSPS) is 17.6. The number of hydrogen-bond donors (Lipinski definition) is 5. The minimum absolute atomic E-state index is 0.0116. The number of hydrogen-bond acceptors (Lipinski definition) is 7. The summed E-state index contributed by atoms with van der Waals surface area (Å²) in [5.74, 6) is -3.28. The molecule has 11 nitrogen and oxygen atoms in total. The molecule has 13 heteroatoms. The van der Waals surface area contributed by atoms with E-state index in [-0.39, 0.29) is 59.3 Å². The third kappa shape index (κ3) is 6.50. The van der Waals surface area contributed by atoms with Crippen molar-refractivity contribution in [2.24, 2.45) is 0 Å². The van der Waals surface area contributed by atoms with Crippen LogP contribution in [0.4, 0.5) is 20.3 Å². The fourth-order valence-electron chi connectivity index (χ4n) is 6.56. The number of carbonyl (C=O) groups is 1. The van der Waals surface area contributed by atoms with Crippen LogP contribution in [0.5, 0.6) is 0 Å². The van der Waals surface area contributed by atoms with Crippen molar-refractivity contribution in [3.8, 4) is 0 Å². The Morgan fingerprint density at radius 3 is 2.51 bits per heavy atom. The van der Waals surface area contributed by atoms with Crippen LogP contribution in [0.2, 0.25) is 0 Å². The van der Waals surface area contributed by atoms with Crippen LogP contribution in [-0.4, -0.2) is 56.2 Å². The Labute approximate surface area is 268 Å². The Balaban J connectivity index is 1.31. The van der Waals surface area contributed by atoms with Crippen molar-refractivity contribution in [2.45, 2.75) is 71.0 Å². The summed E-state index contributed by atoms with van der Waals surface area (Å²) in [5.41, 5.74) is 0.0638. The standard InChI is InChI=1S/C34H38F2N6O5/c1-17-6-9-21(13-18(17)2)38-25-15-26(43)42(34(47)39-25)11-4-5-24(41-12-10-37-19(3)16-41)27-23(35)14-22-31(29(27)36)40-30(20-7-8-20)28(32(22)44)33(45)46/h6,9,13-15,19-20,24,37-38H,4-5,7-8,10-12,16H2,1-3H3,(H,39,47)(H,40,44)(H,45,46). The number of carboxylic acid groups (broad SMARTS) is 1. The summed E-state index contributed by atoms with van der Waals surface area (Å²) in [4.78, 5) is 58.6. The van der Waals surface area contributed by atoms with E-state index in [4.69, 9.17) is 0 Å². The van der Waals surface area contributed by atoms with Crippen molar-refractivity contribution in [1.29, 1.82) is 0 Å². The highest BCUT2D eigenvalue weighted by molar-refractivity contribution is 5.94. The molecule has 248 valence electrons. The predicted molar refractivity (Wildman–Crippen MR) is 175 cm³/mol. The first-order valence-electron chi connectivity index (χ1n) is 15.9. The van der Waals surface area contributed by atoms with Crippen molar-refractivity contribution < 1.29 is 18.7 Å². The van der Waals surface area contributed by atoms with Gasteiger partial charge >= 0.3 is 11.7 Å². The highest BCUT2D eigenvalue weighted by atomic mass is 19.1. The molecule has 3 heterocycles. The molecule has 2 aromatic carbocycles. The summed E-state index contributed by atoms with van der Waals surface area (Å²) < 4.78 is 33.4. The van der Waals surface area contributed by atoms with Crippen LogP contribution in [0.1, 0.15) is 77.3 Å². The molecular weight excluding hydrogens is 610 g/mol. The number of aromatic amines is 2. The van der Waals surface area contributed by atoms with Gasteiger partial charge in [-0.15, -0.1) is 0 Å². The molecule has 2 unspecified atom stereocenters. The van der Waals surface area contributed by atoms with Gasteiger partial charge < -0.3 is 20.7 Å². The monoisotopic (exact) mass is 648 g/mol. The molecule has 2 atom stereocenters. The number of aromatic nitrogens is 3. The van der Waals surface area contributed by atoms with E-state index in [9.17, 15) is 24.3 Å². The van der Waals surface area contributed by atoms with Gasteiger partial charge in [-0.3, -0.25) is 24.0 Å². The fraction of sp³-hybridized carbons (Fsp3) is 0.412. The number of aryl methyl sites for hydroxylation is 2. The maximum absolute atomic E-state index is 16.4. The van der Waals surface area contributed by atoms with Crippen LogP contribution >= 0.6 is 0 Å². The Kier molecular flexibility index (Phi) is 8.86. The van der Waals surface area contributed by atoms with E-state index < -0.39 is 45.9 Å². The number of carboxylic acids is 1. The van der Waals surface area contributed by atoms with Crippen LogP contribution < -0.4 is 27.3 Å². The van der Waals surface area contributed by atoms with Gasteiger partial charge in [0.15, 0.2) is 5.82 Å². The van der Waals surface area contributed by atoms with E-state index >= 15 is 8.78 Å². The predicted octanol–water partition coefficient (Wildman–Crippen LogP) is 4.41. The zero-order valence-electron chi connectivity index (χ0n) is 26.5. The van der Waals surface area contributed by atoms with Crippen LogP contribution in [-0.2, 0) is 6.54 Å². The van der Waals surface area contributed by atoms with E-state index in [1.807, 2.05) is 43.9 Å². The molecule has 1 aliphatic heterocycles. The average Bonchev–Trinajstić information content (AvgIpc) is 3.85. The van der Waals surface area contributed by atoms with Crippen LogP contribution in [0.25, 0.3) is 10.9 Å².